The number of nitrogens with one attached hydrogen (secondary N) is 1. The molecule has 2 heterocycles. The Kier molecular flexibility index (Phi) is 6.64. The lowest BCUT2D eigenvalue weighted by molar-refractivity contribution is -0.118. The number of aromatic nitrogens is 3. The van der Waals surface area contributed by atoms with Crippen molar-refractivity contribution in [3.8, 4) is 0 Å². The van der Waals surface area contributed by atoms with Crippen molar-refractivity contribution < 1.29 is 4.79 Å². The third-order valence-corrected chi connectivity index (χ3v) is 6.01. The van der Waals surface area contributed by atoms with Crippen molar-refractivity contribution in [3.05, 3.63) is 89.2 Å². The fraction of sp³-hybridized carbons (Fsp3) is 0.130. The van der Waals surface area contributed by atoms with Crippen molar-refractivity contribution >= 4 is 46.0 Å². The van der Waals surface area contributed by atoms with Gasteiger partial charge in [-0.05, 0) is 36.8 Å². The number of para-hydroxylation sites is 2. The van der Waals surface area contributed by atoms with E-state index >= 15 is 0 Å². The number of rotatable bonds is 7. The van der Waals surface area contributed by atoms with Gasteiger partial charge in [0, 0.05) is 23.0 Å². The van der Waals surface area contributed by atoms with Gasteiger partial charge < -0.3 is 4.57 Å². The first-order chi connectivity index (χ1) is 15.1. The summed E-state index contributed by atoms with van der Waals surface area (Å²) in [6.07, 6.45) is 3.40. The van der Waals surface area contributed by atoms with Crippen LogP contribution < -0.4 is 5.43 Å². The second kappa shape index (κ2) is 9.76. The summed E-state index contributed by atoms with van der Waals surface area (Å²) in [4.78, 5) is 21.2. The number of nitrogens with zero attached hydrogens (tertiary/aromatic N) is 4. The minimum atomic E-state index is -0.204. The quantitative estimate of drug-likeness (QED) is 0.251. The number of halogens is 1. The summed E-state index contributed by atoms with van der Waals surface area (Å²) in [5.41, 5.74) is 7.03. The maximum absolute atomic E-state index is 12.4. The molecule has 0 fully saturated rings. The third-order valence-electron chi connectivity index (χ3n) is 4.67. The smallest absolute Gasteiger partial charge is 0.250 e. The van der Waals surface area contributed by atoms with Gasteiger partial charge in [-0.1, -0.05) is 59.8 Å². The summed E-state index contributed by atoms with van der Waals surface area (Å²) in [6.45, 7) is 2.40. The molecule has 0 saturated carbocycles. The molecule has 0 radical (unpaired) electrons. The van der Waals surface area contributed by atoms with Gasteiger partial charge in [-0.15, -0.1) is 0 Å². The highest BCUT2D eigenvalue weighted by Crippen LogP contribution is 2.27. The normalized spacial score (nSPS) is 11.6. The largest absolute Gasteiger partial charge is 0.314 e. The standard InChI is InChI=1S/C23H20ClN5OS/c1-16(17-8-6-12-25-13-17)27-28-22(30)15-31-23-26-20-10-4-5-11-21(20)29(23)14-18-7-2-3-9-19(18)24/h2-13H,14-15H2,1H3,(H,28,30)/b27-16-. The van der Waals surface area contributed by atoms with Gasteiger partial charge in [0.15, 0.2) is 5.16 Å². The summed E-state index contributed by atoms with van der Waals surface area (Å²) in [6, 6.07) is 19.4. The van der Waals surface area contributed by atoms with Gasteiger partial charge in [0.1, 0.15) is 0 Å². The van der Waals surface area contributed by atoms with Gasteiger partial charge in [-0.2, -0.15) is 5.10 Å². The molecule has 1 amide bonds. The molecular formula is C23H20ClN5OS. The number of carbonyl (C=O) groups excluding carboxylic acids is 1. The van der Waals surface area contributed by atoms with Crippen LogP contribution in [0, 0.1) is 0 Å². The average molecular weight is 450 g/mol. The molecule has 2 aromatic carbocycles. The number of benzene rings is 2. The number of thioether (sulfide) groups is 1. The molecule has 8 heteroatoms. The van der Waals surface area contributed by atoms with Crippen molar-refractivity contribution in [2.24, 2.45) is 5.10 Å². The van der Waals surface area contributed by atoms with E-state index in [2.05, 4.69) is 20.1 Å². The van der Waals surface area contributed by atoms with Crippen LogP contribution in [0.4, 0.5) is 0 Å². The Morgan fingerprint density at radius 2 is 1.94 bits per heavy atom. The Hall–Kier alpha value is -3.16. The molecule has 0 aliphatic carbocycles. The number of hydrogen-bond donors (Lipinski definition) is 1. The highest BCUT2D eigenvalue weighted by molar-refractivity contribution is 7.99. The van der Waals surface area contributed by atoms with Crippen LogP contribution in [0.15, 0.2) is 83.3 Å². The molecule has 2 aromatic heterocycles. The molecule has 0 spiro atoms. The summed E-state index contributed by atoms with van der Waals surface area (Å²) in [5.74, 6) is -0.0139. The third kappa shape index (κ3) is 5.13. The molecule has 1 N–H and O–H groups in total. The van der Waals surface area contributed by atoms with Gasteiger partial charge in [0.05, 0.1) is 29.0 Å². The first-order valence-corrected chi connectivity index (χ1v) is 11.0. The fourth-order valence-corrected chi connectivity index (χ4v) is 4.07. The van der Waals surface area contributed by atoms with Crippen LogP contribution >= 0.6 is 23.4 Å². The Morgan fingerprint density at radius 1 is 1.13 bits per heavy atom. The van der Waals surface area contributed by atoms with Crippen molar-refractivity contribution in [2.75, 3.05) is 5.75 Å². The molecule has 4 rings (SSSR count). The summed E-state index contributed by atoms with van der Waals surface area (Å²) in [7, 11) is 0. The molecule has 0 atom stereocenters. The zero-order valence-corrected chi connectivity index (χ0v) is 18.4. The van der Waals surface area contributed by atoms with E-state index in [9.17, 15) is 4.79 Å². The molecule has 6 nitrogen and oxygen atoms in total. The molecule has 0 bridgehead atoms. The van der Waals surface area contributed by atoms with Crippen molar-refractivity contribution in [1.29, 1.82) is 0 Å². The molecule has 0 saturated heterocycles. The lowest BCUT2D eigenvalue weighted by atomic mass is 10.2. The van der Waals surface area contributed by atoms with Crippen LogP contribution in [0.3, 0.4) is 0 Å². The zero-order valence-electron chi connectivity index (χ0n) is 16.8. The van der Waals surface area contributed by atoms with E-state index in [0.717, 1.165) is 27.3 Å². The Balaban J connectivity index is 1.49. The molecule has 0 aliphatic heterocycles. The number of hydrogen-bond acceptors (Lipinski definition) is 5. The van der Waals surface area contributed by atoms with E-state index in [1.165, 1.54) is 11.8 Å². The predicted molar refractivity (Wildman–Crippen MR) is 126 cm³/mol. The first kappa shape index (κ1) is 21.1. The lowest BCUT2D eigenvalue weighted by Gasteiger charge is -2.10. The Bertz CT molecular complexity index is 1240. The number of carbonyl (C=O) groups is 1. The van der Waals surface area contributed by atoms with E-state index in [-0.39, 0.29) is 11.7 Å². The highest BCUT2D eigenvalue weighted by atomic mass is 35.5. The van der Waals surface area contributed by atoms with Crippen LogP contribution in [0.2, 0.25) is 5.02 Å². The van der Waals surface area contributed by atoms with Crippen molar-refractivity contribution in [2.45, 2.75) is 18.6 Å². The number of imidazole rings is 1. The minimum Gasteiger partial charge on any atom is -0.314 e. The lowest BCUT2D eigenvalue weighted by Crippen LogP contribution is -2.21. The molecule has 156 valence electrons. The second-order valence-corrected chi connectivity index (χ2v) is 8.17. The Morgan fingerprint density at radius 3 is 2.74 bits per heavy atom. The van der Waals surface area contributed by atoms with E-state index in [1.54, 1.807) is 12.4 Å². The maximum Gasteiger partial charge on any atom is 0.250 e. The zero-order chi connectivity index (χ0) is 21.6. The summed E-state index contributed by atoms with van der Waals surface area (Å²) in [5, 5.41) is 5.63. The first-order valence-electron chi connectivity index (χ1n) is 9.67. The van der Waals surface area contributed by atoms with Crippen LogP contribution in [-0.2, 0) is 11.3 Å². The maximum atomic E-state index is 12.4. The minimum absolute atomic E-state index is 0.190. The van der Waals surface area contributed by atoms with Gasteiger partial charge in [-0.3, -0.25) is 9.78 Å². The number of hydrazone groups is 1. The van der Waals surface area contributed by atoms with Gasteiger partial charge >= 0.3 is 0 Å². The molecule has 0 aliphatic rings. The highest BCUT2D eigenvalue weighted by Gasteiger charge is 2.14. The van der Waals surface area contributed by atoms with Crippen LogP contribution in [0.5, 0.6) is 0 Å². The van der Waals surface area contributed by atoms with E-state index in [4.69, 9.17) is 16.6 Å². The SMILES string of the molecule is C/C(=N/NC(=O)CSc1nc2ccccc2n1Cc1ccccc1Cl)c1cccnc1. The second-order valence-electron chi connectivity index (χ2n) is 6.82. The van der Waals surface area contributed by atoms with Crippen molar-refractivity contribution in [3.63, 3.8) is 0 Å². The van der Waals surface area contributed by atoms with Gasteiger partial charge in [0.2, 0.25) is 0 Å². The Labute approximate surface area is 189 Å². The monoisotopic (exact) mass is 449 g/mol. The number of pyridine rings is 1. The van der Waals surface area contributed by atoms with Gasteiger partial charge in [-0.25, -0.2) is 10.4 Å². The van der Waals surface area contributed by atoms with E-state index in [0.29, 0.717) is 17.3 Å². The molecule has 0 unspecified atom stereocenters. The predicted octanol–water partition coefficient (Wildman–Crippen LogP) is 4.77. The molecule has 4 aromatic rings. The average Bonchev–Trinajstić information content (AvgIpc) is 3.15. The van der Waals surface area contributed by atoms with E-state index < -0.39 is 0 Å². The van der Waals surface area contributed by atoms with Crippen LogP contribution in [0.1, 0.15) is 18.1 Å². The van der Waals surface area contributed by atoms with Crippen LogP contribution in [-0.4, -0.2) is 31.9 Å². The van der Waals surface area contributed by atoms with Crippen LogP contribution in [0.25, 0.3) is 11.0 Å². The molecule has 31 heavy (non-hydrogen) atoms. The molecular weight excluding hydrogens is 430 g/mol. The van der Waals surface area contributed by atoms with E-state index in [1.807, 2.05) is 67.6 Å². The summed E-state index contributed by atoms with van der Waals surface area (Å²) < 4.78 is 2.08. The number of amides is 1. The fourth-order valence-electron chi connectivity index (χ4n) is 3.06. The summed E-state index contributed by atoms with van der Waals surface area (Å²) >= 11 is 7.74. The number of fused-ring (bicyclic) bond motifs is 1. The van der Waals surface area contributed by atoms with Gasteiger partial charge in [0.25, 0.3) is 5.91 Å². The topological polar surface area (TPSA) is 72.2 Å². The van der Waals surface area contributed by atoms with Crippen molar-refractivity contribution in [1.82, 2.24) is 20.0 Å².